The number of nitrogens with zero attached hydrogens (tertiary/aromatic N) is 3. The van der Waals surface area contributed by atoms with Gasteiger partial charge in [0.2, 0.25) is 0 Å². The third kappa shape index (κ3) is 3.36. The lowest BCUT2D eigenvalue weighted by atomic mass is 10.0. The van der Waals surface area contributed by atoms with E-state index in [9.17, 15) is 0 Å². The predicted octanol–water partition coefficient (Wildman–Crippen LogP) is 3.10. The lowest BCUT2D eigenvalue weighted by Gasteiger charge is -2.28. The third-order valence-corrected chi connectivity index (χ3v) is 6.79. The molecule has 1 aliphatic heterocycles. The predicted molar refractivity (Wildman–Crippen MR) is 126 cm³/mol. The van der Waals surface area contributed by atoms with Gasteiger partial charge in [-0.05, 0) is 79.3 Å². The second kappa shape index (κ2) is 7.97. The van der Waals surface area contributed by atoms with Crippen LogP contribution in [0, 0.1) is 0 Å². The normalized spacial score (nSPS) is 14.7. The van der Waals surface area contributed by atoms with Gasteiger partial charge in [-0.1, -0.05) is 19.9 Å². The van der Waals surface area contributed by atoms with Gasteiger partial charge in [-0.2, -0.15) is 8.80 Å². The summed E-state index contributed by atoms with van der Waals surface area (Å²) >= 11 is 0. The molecular formula is C27H28IN3. The van der Waals surface area contributed by atoms with Gasteiger partial charge in [0, 0.05) is 35.6 Å². The molecule has 0 N–H and O–H groups in total. The van der Waals surface area contributed by atoms with Gasteiger partial charge in [0.25, 0.3) is 5.65 Å². The highest BCUT2D eigenvalue weighted by atomic mass is 127. The van der Waals surface area contributed by atoms with Gasteiger partial charge in [0.1, 0.15) is 17.2 Å². The maximum Gasteiger partial charge on any atom is 0.292 e. The Morgan fingerprint density at radius 1 is 0.806 bits per heavy atom. The van der Waals surface area contributed by atoms with Crippen molar-refractivity contribution in [3.63, 3.8) is 0 Å². The van der Waals surface area contributed by atoms with Crippen LogP contribution in [0.2, 0.25) is 0 Å². The first kappa shape index (κ1) is 20.6. The summed E-state index contributed by atoms with van der Waals surface area (Å²) in [6, 6.07) is 22.9. The number of imidazole rings is 1. The Morgan fingerprint density at radius 2 is 1.61 bits per heavy atom. The fourth-order valence-corrected chi connectivity index (χ4v) is 5.08. The number of pyridine rings is 2. The molecule has 31 heavy (non-hydrogen) atoms. The summed E-state index contributed by atoms with van der Waals surface area (Å²) < 4.78 is 4.73. The van der Waals surface area contributed by atoms with E-state index < -0.39 is 0 Å². The lowest BCUT2D eigenvalue weighted by molar-refractivity contribution is -0.479. The minimum Gasteiger partial charge on any atom is -1.00 e. The van der Waals surface area contributed by atoms with Crippen LogP contribution in [-0.4, -0.2) is 17.5 Å². The molecule has 0 saturated carbocycles. The molecule has 158 valence electrons. The smallest absolute Gasteiger partial charge is 0.292 e. The number of benzene rings is 2. The van der Waals surface area contributed by atoms with Crippen LogP contribution in [0.3, 0.4) is 0 Å². The topological polar surface area (TPSA) is 11.8 Å². The van der Waals surface area contributed by atoms with Crippen molar-refractivity contribution < 1.29 is 28.4 Å². The summed E-state index contributed by atoms with van der Waals surface area (Å²) in [7, 11) is 0. The molecule has 0 unspecified atom stereocenters. The zero-order valence-corrected chi connectivity index (χ0v) is 20.3. The van der Waals surface area contributed by atoms with Crippen LogP contribution in [0.25, 0.3) is 33.0 Å². The zero-order chi connectivity index (χ0) is 20.2. The minimum absolute atomic E-state index is 0. The summed E-state index contributed by atoms with van der Waals surface area (Å²) in [6.07, 6.45) is 6.25. The highest BCUT2D eigenvalue weighted by Gasteiger charge is 2.18. The average molecular weight is 521 g/mol. The van der Waals surface area contributed by atoms with Crippen LogP contribution < -0.4 is 33.3 Å². The van der Waals surface area contributed by atoms with Crippen LogP contribution in [0.4, 0.5) is 5.69 Å². The number of halogens is 1. The molecule has 0 atom stereocenters. The second-order valence-corrected chi connectivity index (χ2v) is 9.05. The molecule has 5 aromatic rings. The summed E-state index contributed by atoms with van der Waals surface area (Å²) in [5, 5.41) is 2.60. The Balaban J connectivity index is 0.00000204. The Kier molecular flexibility index (Phi) is 5.29. The minimum atomic E-state index is 0. The van der Waals surface area contributed by atoms with E-state index in [-0.39, 0.29) is 24.0 Å². The summed E-state index contributed by atoms with van der Waals surface area (Å²) in [5.41, 5.74) is 7.73. The number of piperidine rings is 1. The standard InChI is InChI=1S/C27H28N3.HI/c1-19(2)20-7-11-25-21(16-20)8-13-27-29(25)18-24-9-6-22-17-23(10-12-26(22)30(24)27)28-14-4-3-5-15-28;/h6-13,16-19H,3-5,14-15H2,1-2H3;1H/q+1;/p-1. The van der Waals surface area contributed by atoms with Gasteiger partial charge in [-0.25, -0.2) is 0 Å². The van der Waals surface area contributed by atoms with E-state index in [2.05, 4.69) is 94.4 Å². The van der Waals surface area contributed by atoms with Crippen LogP contribution in [-0.2, 0) is 0 Å². The molecule has 6 rings (SSSR count). The lowest BCUT2D eigenvalue weighted by Crippen LogP contribution is -3.00. The Labute approximate surface area is 200 Å². The van der Waals surface area contributed by atoms with Crippen molar-refractivity contribution in [2.75, 3.05) is 18.0 Å². The molecule has 2 aromatic carbocycles. The molecule has 1 saturated heterocycles. The van der Waals surface area contributed by atoms with E-state index in [0.29, 0.717) is 5.92 Å². The molecule has 0 aliphatic carbocycles. The molecule has 1 fully saturated rings. The van der Waals surface area contributed by atoms with Crippen LogP contribution in [0.15, 0.2) is 66.9 Å². The quantitative estimate of drug-likeness (QED) is 0.257. The van der Waals surface area contributed by atoms with Gasteiger partial charge in [0.05, 0.1) is 0 Å². The van der Waals surface area contributed by atoms with Crippen molar-refractivity contribution in [1.29, 1.82) is 0 Å². The summed E-state index contributed by atoms with van der Waals surface area (Å²) in [4.78, 5) is 2.54. The summed E-state index contributed by atoms with van der Waals surface area (Å²) in [6.45, 7) is 6.87. The Hall–Kier alpha value is -2.34. The molecule has 0 spiro atoms. The van der Waals surface area contributed by atoms with E-state index >= 15 is 0 Å². The maximum absolute atomic E-state index is 2.54. The fourth-order valence-electron chi connectivity index (χ4n) is 5.08. The average Bonchev–Trinajstić information content (AvgIpc) is 3.18. The van der Waals surface area contributed by atoms with Crippen molar-refractivity contribution in [2.24, 2.45) is 0 Å². The summed E-state index contributed by atoms with van der Waals surface area (Å²) in [5.74, 6) is 0.543. The van der Waals surface area contributed by atoms with E-state index in [1.165, 1.54) is 76.6 Å². The van der Waals surface area contributed by atoms with Crippen molar-refractivity contribution >= 4 is 38.7 Å². The molecule has 0 radical (unpaired) electrons. The first-order valence-electron chi connectivity index (χ1n) is 11.3. The van der Waals surface area contributed by atoms with E-state index in [1.54, 1.807) is 0 Å². The van der Waals surface area contributed by atoms with Crippen LogP contribution in [0.5, 0.6) is 0 Å². The van der Waals surface area contributed by atoms with Crippen molar-refractivity contribution in [1.82, 2.24) is 4.40 Å². The fraction of sp³-hybridized carbons (Fsp3) is 0.296. The molecule has 4 heterocycles. The molecule has 3 nitrogen and oxygen atoms in total. The molecule has 0 bridgehead atoms. The van der Waals surface area contributed by atoms with Gasteiger partial charge in [0.15, 0.2) is 5.52 Å². The van der Waals surface area contributed by atoms with Crippen molar-refractivity contribution in [2.45, 2.75) is 39.0 Å². The molecular weight excluding hydrogens is 493 g/mol. The van der Waals surface area contributed by atoms with E-state index in [1.807, 2.05) is 0 Å². The number of anilines is 1. The Bertz CT molecular complexity index is 1410. The van der Waals surface area contributed by atoms with Gasteiger partial charge in [-0.3, -0.25) is 0 Å². The zero-order valence-electron chi connectivity index (χ0n) is 18.2. The SMILES string of the molecule is CC(C)c1ccc2c(ccc3n4c(ccc5cc(N6CCCCC6)ccc54)c[n+]23)c1.[I-]. The number of hydrogen-bond acceptors (Lipinski definition) is 1. The molecule has 1 aliphatic rings. The largest absolute Gasteiger partial charge is 1.00 e. The van der Waals surface area contributed by atoms with Gasteiger partial charge < -0.3 is 28.9 Å². The Morgan fingerprint density at radius 3 is 2.42 bits per heavy atom. The monoisotopic (exact) mass is 521 g/mol. The van der Waals surface area contributed by atoms with Crippen LogP contribution in [0.1, 0.15) is 44.6 Å². The highest BCUT2D eigenvalue weighted by Crippen LogP contribution is 2.27. The first-order valence-corrected chi connectivity index (χ1v) is 11.3. The van der Waals surface area contributed by atoms with Gasteiger partial charge in [-0.15, -0.1) is 0 Å². The maximum atomic E-state index is 2.54. The number of hydrogen-bond donors (Lipinski definition) is 0. The molecule has 0 amide bonds. The van der Waals surface area contributed by atoms with Gasteiger partial charge >= 0.3 is 0 Å². The van der Waals surface area contributed by atoms with Crippen LogP contribution >= 0.6 is 0 Å². The molecule has 3 aromatic heterocycles. The van der Waals surface area contributed by atoms with Crippen molar-refractivity contribution in [3.05, 3.63) is 72.4 Å². The van der Waals surface area contributed by atoms with E-state index in [0.717, 1.165) is 0 Å². The number of fused-ring (bicyclic) bond motifs is 7. The van der Waals surface area contributed by atoms with E-state index in [4.69, 9.17) is 0 Å². The first-order chi connectivity index (χ1) is 14.7. The molecule has 4 heteroatoms. The number of aromatic nitrogens is 2. The third-order valence-electron chi connectivity index (χ3n) is 6.79. The van der Waals surface area contributed by atoms with Crippen molar-refractivity contribution in [3.8, 4) is 0 Å². The highest BCUT2D eigenvalue weighted by molar-refractivity contribution is 5.88. The second-order valence-electron chi connectivity index (χ2n) is 9.05. The number of rotatable bonds is 2.